The molecule has 2 aromatic rings. The average Bonchev–Trinajstić information content (AvgIpc) is 3.35. The van der Waals surface area contributed by atoms with Crippen LogP contribution in [0.25, 0.3) is 0 Å². The highest BCUT2D eigenvalue weighted by Crippen LogP contribution is 2.36. The van der Waals surface area contributed by atoms with Gasteiger partial charge in [0.2, 0.25) is 5.09 Å². The Morgan fingerprint density at radius 3 is 2.60 bits per heavy atom. The summed E-state index contributed by atoms with van der Waals surface area (Å²) in [6.07, 6.45) is 3.44. The van der Waals surface area contributed by atoms with Crippen LogP contribution < -0.4 is 4.72 Å². The summed E-state index contributed by atoms with van der Waals surface area (Å²) in [6.45, 7) is 2.53. The van der Waals surface area contributed by atoms with Gasteiger partial charge in [0.1, 0.15) is 6.26 Å². The zero-order chi connectivity index (χ0) is 18.0. The number of rotatable bonds is 7. The van der Waals surface area contributed by atoms with Crippen molar-refractivity contribution >= 4 is 15.9 Å². The molecule has 1 amide bonds. The number of carbonyl (C=O) groups is 1. The van der Waals surface area contributed by atoms with E-state index in [0.29, 0.717) is 12.5 Å². The van der Waals surface area contributed by atoms with Crippen molar-refractivity contribution in [2.75, 3.05) is 7.05 Å². The maximum Gasteiger partial charge on any atom is 0.273 e. The van der Waals surface area contributed by atoms with E-state index >= 15 is 0 Å². The van der Waals surface area contributed by atoms with Crippen molar-refractivity contribution in [3.63, 3.8) is 0 Å². The lowest BCUT2D eigenvalue weighted by Crippen LogP contribution is -2.39. The van der Waals surface area contributed by atoms with Crippen LogP contribution >= 0.6 is 0 Å². The van der Waals surface area contributed by atoms with E-state index in [1.54, 1.807) is 4.90 Å². The molecule has 1 unspecified atom stereocenters. The lowest BCUT2D eigenvalue weighted by atomic mass is 10.1. The Labute approximate surface area is 147 Å². The van der Waals surface area contributed by atoms with E-state index < -0.39 is 10.0 Å². The fraction of sp³-hybridized carbons (Fsp3) is 0.389. The standard InChI is InChI=1S/C18H22N2O4S/c1-13(15-8-9-15)20(11-14-6-4-3-5-7-14)18(21)16-10-17(24-12-16)25(22,23)19-2/h3-7,10,12-13,15,19H,8-9,11H2,1-2H3. The van der Waals surface area contributed by atoms with Gasteiger partial charge in [-0.3, -0.25) is 4.79 Å². The lowest BCUT2D eigenvalue weighted by Gasteiger charge is -2.29. The SMILES string of the molecule is CNS(=O)(=O)c1cc(C(=O)N(Cc2ccccc2)C(C)C2CC2)co1. The Bertz CT molecular complexity index is 841. The summed E-state index contributed by atoms with van der Waals surface area (Å²) < 4.78 is 30.9. The van der Waals surface area contributed by atoms with Gasteiger partial charge >= 0.3 is 0 Å². The van der Waals surface area contributed by atoms with Crippen LogP contribution in [0.15, 0.2) is 52.2 Å². The number of nitrogens with zero attached hydrogens (tertiary/aromatic N) is 1. The van der Waals surface area contributed by atoms with Crippen molar-refractivity contribution in [1.29, 1.82) is 0 Å². The summed E-state index contributed by atoms with van der Waals surface area (Å²) in [5.74, 6) is 0.282. The fourth-order valence-corrected chi connectivity index (χ4v) is 3.51. The molecule has 0 radical (unpaired) electrons. The van der Waals surface area contributed by atoms with Crippen molar-refractivity contribution in [2.45, 2.75) is 37.4 Å². The highest BCUT2D eigenvalue weighted by atomic mass is 32.2. The minimum Gasteiger partial charge on any atom is -0.451 e. The van der Waals surface area contributed by atoms with Crippen LogP contribution in [-0.4, -0.2) is 32.3 Å². The second-order valence-corrected chi connectivity index (χ2v) is 8.18. The maximum absolute atomic E-state index is 13.0. The van der Waals surface area contributed by atoms with Gasteiger partial charge in [-0.25, -0.2) is 13.1 Å². The first kappa shape index (κ1) is 17.7. The fourth-order valence-electron chi connectivity index (χ4n) is 2.85. The van der Waals surface area contributed by atoms with Crippen LogP contribution in [0, 0.1) is 5.92 Å². The van der Waals surface area contributed by atoms with Crippen LogP contribution in [0.1, 0.15) is 35.7 Å². The zero-order valence-corrected chi connectivity index (χ0v) is 15.1. The molecule has 1 aliphatic carbocycles. The molecule has 134 valence electrons. The topological polar surface area (TPSA) is 79.6 Å². The van der Waals surface area contributed by atoms with Crippen LogP contribution in [0.3, 0.4) is 0 Å². The van der Waals surface area contributed by atoms with Crippen LogP contribution in [0.5, 0.6) is 0 Å². The first-order valence-corrected chi connectivity index (χ1v) is 9.77. The van der Waals surface area contributed by atoms with Gasteiger partial charge in [-0.15, -0.1) is 0 Å². The maximum atomic E-state index is 13.0. The third-order valence-corrected chi connectivity index (χ3v) is 5.89. The molecule has 1 aromatic heterocycles. The van der Waals surface area contributed by atoms with Gasteiger partial charge in [-0.2, -0.15) is 0 Å². The Hall–Kier alpha value is -2.12. The molecule has 0 aliphatic heterocycles. The van der Waals surface area contributed by atoms with Gasteiger partial charge in [0, 0.05) is 18.7 Å². The smallest absolute Gasteiger partial charge is 0.273 e. The summed E-state index contributed by atoms with van der Waals surface area (Å²) >= 11 is 0. The number of hydrogen-bond acceptors (Lipinski definition) is 4. The first-order chi connectivity index (χ1) is 11.9. The number of sulfonamides is 1. The molecule has 25 heavy (non-hydrogen) atoms. The van der Waals surface area contributed by atoms with Gasteiger partial charge in [-0.1, -0.05) is 30.3 Å². The summed E-state index contributed by atoms with van der Waals surface area (Å²) in [5, 5.41) is -0.253. The second kappa shape index (κ2) is 7.01. The lowest BCUT2D eigenvalue weighted by molar-refractivity contribution is 0.0653. The molecule has 1 atom stereocenters. The third kappa shape index (κ3) is 3.93. The Balaban J connectivity index is 1.86. The zero-order valence-electron chi connectivity index (χ0n) is 14.3. The molecule has 6 nitrogen and oxygen atoms in total. The van der Waals surface area contributed by atoms with E-state index in [2.05, 4.69) is 4.72 Å². The predicted octanol–water partition coefficient (Wildman–Crippen LogP) is 2.63. The van der Waals surface area contributed by atoms with Crippen molar-refractivity contribution < 1.29 is 17.6 Å². The second-order valence-electron chi connectivity index (χ2n) is 6.36. The third-order valence-electron chi connectivity index (χ3n) is 4.61. The van der Waals surface area contributed by atoms with Gasteiger partial charge in [-0.05, 0) is 38.3 Å². The highest BCUT2D eigenvalue weighted by molar-refractivity contribution is 7.89. The average molecular weight is 362 g/mol. The van der Waals surface area contributed by atoms with Gasteiger partial charge in [0.25, 0.3) is 15.9 Å². The Morgan fingerprint density at radius 2 is 2.00 bits per heavy atom. The van der Waals surface area contributed by atoms with Gasteiger partial charge < -0.3 is 9.32 Å². The molecule has 1 aromatic carbocycles. The summed E-state index contributed by atoms with van der Waals surface area (Å²) in [7, 11) is -2.41. The number of carbonyl (C=O) groups excluding carboxylic acids is 1. The number of furan rings is 1. The summed E-state index contributed by atoms with van der Waals surface area (Å²) in [5.41, 5.74) is 1.28. The number of hydrogen-bond donors (Lipinski definition) is 1. The van der Waals surface area contributed by atoms with Gasteiger partial charge in [0.05, 0.1) is 5.56 Å². The van der Waals surface area contributed by atoms with E-state index in [1.165, 1.54) is 19.4 Å². The van der Waals surface area contributed by atoms with Crippen LogP contribution in [0.2, 0.25) is 0 Å². The molecule has 0 saturated heterocycles. The minimum absolute atomic E-state index is 0.0898. The molecular formula is C18H22N2O4S. The predicted molar refractivity (Wildman–Crippen MR) is 93.5 cm³/mol. The molecule has 1 aliphatic rings. The molecule has 0 bridgehead atoms. The molecule has 3 rings (SSSR count). The molecule has 1 fully saturated rings. The van der Waals surface area contributed by atoms with E-state index in [-0.39, 0.29) is 22.6 Å². The minimum atomic E-state index is -3.71. The number of benzene rings is 1. The largest absolute Gasteiger partial charge is 0.451 e. The van der Waals surface area contributed by atoms with E-state index in [4.69, 9.17) is 4.42 Å². The molecule has 1 N–H and O–H groups in total. The Kier molecular flexibility index (Phi) is 4.96. The molecule has 1 saturated carbocycles. The van der Waals surface area contributed by atoms with Crippen molar-refractivity contribution in [3.05, 3.63) is 53.8 Å². The summed E-state index contributed by atoms with van der Waals surface area (Å²) in [6, 6.07) is 11.1. The molecule has 7 heteroatoms. The van der Waals surface area contributed by atoms with Crippen LogP contribution in [-0.2, 0) is 16.6 Å². The first-order valence-electron chi connectivity index (χ1n) is 8.29. The van der Waals surface area contributed by atoms with E-state index in [9.17, 15) is 13.2 Å². The molecule has 0 spiro atoms. The molecular weight excluding hydrogens is 340 g/mol. The monoisotopic (exact) mass is 362 g/mol. The van der Waals surface area contributed by atoms with Crippen molar-refractivity contribution in [3.8, 4) is 0 Å². The number of nitrogens with one attached hydrogen (secondary N) is 1. The molecule has 1 heterocycles. The van der Waals surface area contributed by atoms with Crippen molar-refractivity contribution in [2.24, 2.45) is 5.92 Å². The van der Waals surface area contributed by atoms with Crippen LogP contribution in [0.4, 0.5) is 0 Å². The van der Waals surface area contributed by atoms with Crippen molar-refractivity contribution in [1.82, 2.24) is 9.62 Å². The summed E-state index contributed by atoms with van der Waals surface area (Å²) in [4.78, 5) is 14.8. The normalized spacial score (nSPS) is 15.8. The van der Waals surface area contributed by atoms with E-state index in [1.807, 2.05) is 37.3 Å². The van der Waals surface area contributed by atoms with E-state index in [0.717, 1.165) is 18.4 Å². The van der Waals surface area contributed by atoms with Gasteiger partial charge in [0.15, 0.2) is 0 Å². The highest BCUT2D eigenvalue weighted by Gasteiger charge is 2.35. The number of amides is 1. The quantitative estimate of drug-likeness (QED) is 0.821. The Morgan fingerprint density at radius 1 is 1.32 bits per heavy atom.